The number of nitrogens with zero attached hydrogens (tertiary/aromatic N) is 1. The van der Waals surface area contributed by atoms with E-state index in [0.29, 0.717) is 11.6 Å². The molecular formula is C14H16N2O2S. The molecule has 2 N–H and O–H groups in total. The zero-order valence-electron chi connectivity index (χ0n) is 10.8. The summed E-state index contributed by atoms with van der Waals surface area (Å²) in [6, 6.07) is 5.86. The van der Waals surface area contributed by atoms with E-state index >= 15 is 0 Å². The average Bonchev–Trinajstić information content (AvgIpc) is 2.89. The molecule has 19 heavy (non-hydrogen) atoms. The number of hydrogen-bond donors (Lipinski definition) is 2. The molecule has 0 saturated carbocycles. The second-order valence-electron chi connectivity index (χ2n) is 4.61. The molecule has 0 aliphatic rings. The lowest BCUT2D eigenvalue weighted by Crippen LogP contribution is -2.17. The molecule has 0 amide bonds. The molecule has 0 saturated heterocycles. The molecule has 2 heterocycles. The molecule has 100 valence electrons. The summed E-state index contributed by atoms with van der Waals surface area (Å²) >= 11 is 1.67. The summed E-state index contributed by atoms with van der Waals surface area (Å²) in [5, 5.41) is 14.5. The number of aromatic carboxylic acids is 1. The number of carbonyl (C=O) groups is 1. The third kappa shape index (κ3) is 3.12. The van der Waals surface area contributed by atoms with E-state index in [1.165, 1.54) is 11.1 Å². The van der Waals surface area contributed by atoms with Crippen LogP contribution in [0, 0.1) is 5.92 Å². The van der Waals surface area contributed by atoms with Crippen molar-refractivity contribution < 1.29 is 9.90 Å². The van der Waals surface area contributed by atoms with Gasteiger partial charge in [-0.15, -0.1) is 11.3 Å². The first-order valence-electron chi connectivity index (χ1n) is 6.07. The maximum atomic E-state index is 11.2. The highest BCUT2D eigenvalue weighted by molar-refractivity contribution is 7.10. The maximum Gasteiger partial charge on any atom is 0.339 e. The molecule has 5 heteroatoms. The lowest BCUT2D eigenvalue weighted by molar-refractivity contribution is 0.0697. The third-order valence-electron chi connectivity index (χ3n) is 2.88. The van der Waals surface area contributed by atoms with Crippen LogP contribution in [0.5, 0.6) is 0 Å². The second-order valence-corrected chi connectivity index (χ2v) is 5.59. The molecular weight excluding hydrogens is 260 g/mol. The van der Waals surface area contributed by atoms with Gasteiger partial charge in [0, 0.05) is 17.3 Å². The summed E-state index contributed by atoms with van der Waals surface area (Å²) in [6.07, 6.45) is 2.97. The Morgan fingerprint density at radius 3 is 2.79 bits per heavy atom. The normalized spacial score (nSPS) is 12.4. The van der Waals surface area contributed by atoms with Crippen LogP contribution >= 0.6 is 11.3 Å². The van der Waals surface area contributed by atoms with Crippen LogP contribution in [0.25, 0.3) is 0 Å². The average molecular weight is 276 g/mol. The summed E-state index contributed by atoms with van der Waals surface area (Å²) in [6.45, 7) is 4.22. The van der Waals surface area contributed by atoms with E-state index in [9.17, 15) is 9.90 Å². The number of anilines is 1. The third-order valence-corrected chi connectivity index (χ3v) is 3.83. The fourth-order valence-corrected chi connectivity index (χ4v) is 2.84. The summed E-state index contributed by atoms with van der Waals surface area (Å²) in [7, 11) is 0. The lowest BCUT2D eigenvalue weighted by atomic mass is 10.0. The summed E-state index contributed by atoms with van der Waals surface area (Å²) < 4.78 is 0. The van der Waals surface area contributed by atoms with Crippen LogP contribution in [0.1, 0.15) is 35.1 Å². The Morgan fingerprint density at radius 1 is 1.42 bits per heavy atom. The number of nitrogens with one attached hydrogen (secondary N) is 1. The second kappa shape index (κ2) is 5.84. The minimum absolute atomic E-state index is 0.0977. The molecule has 2 rings (SSSR count). The van der Waals surface area contributed by atoms with Gasteiger partial charge in [0.1, 0.15) is 5.56 Å². The molecule has 0 radical (unpaired) electrons. The van der Waals surface area contributed by atoms with Gasteiger partial charge >= 0.3 is 5.97 Å². The first kappa shape index (κ1) is 13.5. The first-order chi connectivity index (χ1) is 9.09. The van der Waals surface area contributed by atoms with E-state index < -0.39 is 5.97 Å². The van der Waals surface area contributed by atoms with Gasteiger partial charge in [-0.3, -0.25) is 4.98 Å². The molecule has 0 aliphatic heterocycles. The van der Waals surface area contributed by atoms with Crippen molar-refractivity contribution in [3.8, 4) is 0 Å². The number of thiophene rings is 1. The van der Waals surface area contributed by atoms with E-state index in [1.54, 1.807) is 23.6 Å². The van der Waals surface area contributed by atoms with Crippen LogP contribution in [0.4, 0.5) is 5.69 Å². The van der Waals surface area contributed by atoms with E-state index in [4.69, 9.17) is 0 Å². The van der Waals surface area contributed by atoms with Gasteiger partial charge in [-0.05, 0) is 23.4 Å². The van der Waals surface area contributed by atoms with Gasteiger partial charge in [-0.2, -0.15) is 0 Å². The number of hydrogen-bond acceptors (Lipinski definition) is 4. The Kier molecular flexibility index (Phi) is 4.16. The van der Waals surface area contributed by atoms with Crippen molar-refractivity contribution in [2.45, 2.75) is 19.9 Å². The summed E-state index contributed by atoms with van der Waals surface area (Å²) in [4.78, 5) is 16.2. The highest BCUT2D eigenvalue weighted by Crippen LogP contribution is 2.30. The fraction of sp³-hybridized carbons (Fsp3) is 0.286. The minimum Gasteiger partial charge on any atom is -0.478 e. The van der Waals surface area contributed by atoms with Gasteiger partial charge in [0.05, 0.1) is 11.7 Å². The van der Waals surface area contributed by atoms with Gasteiger partial charge < -0.3 is 10.4 Å². The number of carboxylic acids is 1. The van der Waals surface area contributed by atoms with Crippen LogP contribution in [0.15, 0.2) is 36.0 Å². The molecule has 4 nitrogen and oxygen atoms in total. The molecule has 2 aromatic heterocycles. The molecule has 2 aromatic rings. The van der Waals surface area contributed by atoms with Crippen LogP contribution in [0.3, 0.4) is 0 Å². The van der Waals surface area contributed by atoms with Crippen molar-refractivity contribution >= 4 is 23.0 Å². The van der Waals surface area contributed by atoms with Gasteiger partial charge in [0.25, 0.3) is 0 Å². The highest BCUT2D eigenvalue weighted by atomic mass is 32.1. The predicted octanol–water partition coefficient (Wildman–Crippen LogP) is 3.65. The van der Waals surface area contributed by atoms with Crippen molar-refractivity contribution in [1.82, 2.24) is 4.98 Å². The molecule has 0 aromatic carbocycles. The number of aromatic nitrogens is 1. The predicted molar refractivity (Wildman–Crippen MR) is 76.7 cm³/mol. The zero-order valence-corrected chi connectivity index (χ0v) is 11.6. The summed E-state index contributed by atoms with van der Waals surface area (Å²) in [5.41, 5.74) is 0.805. The van der Waals surface area contributed by atoms with E-state index in [2.05, 4.69) is 30.2 Å². The van der Waals surface area contributed by atoms with Crippen LogP contribution < -0.4 is 5.32 Å². The van der Waals surface area contributed by atoms with E-state index in [1.807, 2.05) is 11.4 Å². The summed E-state index contributed by atoms with van der Waals surface area (Å²) in [5.74, 6) is -0.613. The smallest absolute Gasteiger partial charge is 0.339 e. The maximum absolute atomic E-state index is 11.2. The molecule has 1 unspecified atom stereocenters. The van der Waals surface area contributed by atoms with E-state index in [0.717, 1.165) is 0 Å². The number of pyridine rings is 1. The Hall–Kier alpha value is -1.88. The minimum atomic E-state index is -0.968. The van der Waals surface area contributed by atoms with Gasteiger partial charge in [-0.25, -0.2) is 4.79 Å². The van der Waals surface area contributed by atoms with Crippen molar-refractivity contribution in [1.29, 1.82) is 0 Å². The van der Waals surface area contributed by atoms with Gasteiger partial charge in [0.15, 0.2) is 0 Å². The topological polar surface area (TPSA) is 62.2 Å². The van der Waals surface area contributed by atoms with Gasteiger partial charge in [-0.1, -0.05) is 19.9 Å². The Bertz CT molecular complexity index is 552. The van der Waals surface area contributed by atoms with Crippen molar-refractivity contribution in [3.05, 3.63) is 46.4 Å². The molecule has 0 aliphatic carbocycles. The van der Waals surface area contributed by atoms with Crippen LogP contribution in [0.2, 0.25) is 0 Å². The van der Waals surface area contributed by atoms with Crippen LogP contribution in [-0.2, 0) is 0 Å². The monoisotopic (exact) mass is 276 g/mol. The zero-order chi connectivity index (χ0) is 13.8. The highest BCUT2D eigenvalue weighted by Gasteiger charge is 2.19. The lowest BCUT2D eigenvalue weighted by Gasteiger charge is -2.23. The van der Waals surface area contributed by atoms with Crippen LogP contribution in [-0.4, -0.2) is 16.1 Å². The number of rotatable bonds is 5. The standard InChI is InChI=1S/C14H16N2O2S/c1-9(2)13(12-4-3-7-19-12)16-11-5-6-15-8-10(11)14(17)18/h3-9,13H,1-2H3,(H,15,16)(H,17,18). The Morgan fingerprint density at radius 2 is 2.21 bits per heavy atom. The fourth-order valence-electron chi connectivity index (χ4n) is 1.89. The number of carboxylic acid groups (broad SMARTS) is 1. The Labute approximate surface area is 116 Å². The van der Waals surface area contributed by atoms with Gasteiger partial charge in [0.2, 0.25) is 0 Å². The van der Waals surface area contributed by atoms with Crippen molar-refractivity contribution in [2.75, 3.05) is 5.32 Å². The van der Waals surface area contributed by atoms with Crippen molar-refractivity contribution in [3.63, 3.8) is 0 Å². The molecule has 0 spiro atoms. The van der Waals surface area contributed by atoms with E-state index in [-0.39, 0.29) is 11.6 Å². The first-order valence-corrected chi connectivity index (χ1v) is 6.95. The molecule has 0 bridgehead atoms. The Balaban J connectivity index is 2.30. The largest absolute Gasteiger partial charge is 0.478 e. The quantitative estimate of drug-likeness (QED) is 0.875. The SMILES string of the molecule is CC(C)C(Nc1ccncc1C(=O)O)c1cccs1. The van der Waals surface area contributed by atoms with Crippen molar-refractivity contribution in [2.24, 2.45) is 5.92 Å². The molecule has 1 atom stereocenters. The molecule has 0 fully saturated rings.